The van der Waals surface area contributed by atoms with E-state index in [-0.39, 0.29) is 6.54 Å². The number of aromatic nitrogens is 4. The van der Waals surface area contributed by atoms with Crippen molar-refractivity contribution in [1.29, 1.82) is 5.26 Å². The molecule has 0 saturated carbocycles. The molecule has 0 atom stereocenters. The second-order valence-corrected chi connectivity index (χ2v) is 10.7. The fraction of sp³-hybridized carbons (Fsp3) is 0.233. The van der Waals surface area contributed by atoms with E-state index in [2.05, 4.69) is 33.7 Å². The molecule has 1 fully saturated rings. The molecule has 1 saturated heterocycles. The highest BCUT2D eigenvalue weighted by molar-refractivity contribution is 7.99. The topological polar surface area (TPSA) is 114 Å². The lowest BCUT2D eigenvalue weighted by Gasteiger charge is -2.31. The van der Waals surface area contributed by atoms with Crippen molar-refractivity contribution in [3.05, 3.63) is 78.4 Å². The normalized spacial score (nSPS) is 14.6. The highest BCUT2D eigenvalue weighted by atomic mass is 32.2. The van der Waals surface area contributed by atoms with Crippen LogP contribution in [0, 0.1) is 11.3 Å². The molecule has 0 radical (unpaired) electrons. The molecule has 6 rings (SSSR count). The number of methoxy groups -OCH3 is 1. The van der Waals surface area contributed by atoms with Crippen molar-refractivity contribution < 1.29 is 14.3 Å². The molecule has 0 unspecified atom stereocenters. The first kappa shape index (κ1) is 25.8. The van der Waals surface area contributed by atoms with Gasteiger partial charge in [-0.05, 0) is 48.7 Å². The Morgan fingerprint density at radius 2 is 1.88 bits per heavy atom. The zero-order valence-electron chi connectivity index (χ0n) is 21.8. The highest BCUT2D eigenvalue weighted by Gasteiger charge is 2.34. The number of anilines is 1. The number of nitrogens with zero attached hydrogens (tertiary/aromatic N) is 5. The fourth-order valence-corrected chi connectivity index (χ4v) is 5.89. The third kappa shape index (κ3) is 4.85. The van der Waals surface area contributed by atoms with Crippen LogP contribution >= 0.6 is 11.8 Å². The molecule has 1 aliphatic rings. The summed E-state index contributed by atoms with van der Waals surface area (Å²) in [6.45, 7) is 1.14. The van der Waals surface area contributed by atoms with Gasteiger partial charge >= 0.3 is 5.97 Å². The maximum Gasteiger partial charge on any atom is 0.325 e. The van der Waals surface area contributed by atoms with Gasteiger partial charge in [0.15, 0.2) is 11.6 Å². The van der Waals surface area contributed by atoms with Gasteiger partial charge in [0.25, 0.3) is 0 Å². The minimum absolute atomic E-state index is 0.0505. The quantitative estimate of drug-likeness (QED) is 0.271. The molecule has 1 aliphatic heterocycles. The summed E-state index contributed by atoms with van der Waals surface area (Å²) in [4.78, 5) is 18.7. The number of ether oxygens (including phenoxy) is 2. The Balaban J connectivity index is 1.41. The first-order valence-electron chi connectivity index (χ1n) is 12.9. The predicted molar refractivity (Wildman–Crippen MR) is 152 cm³/mol. The Labute approximate surface area is 235 Å². The van der Waals surface area contributed by atoms with Crippen LogP contribution in [-0.4, -0.2) is 52.4 Å². The largest absolute Gasteiger partial charge is 0.468 e. The summed E-state index contributed by atoms with van der Waals surface area (Å²) in [5.74, 6) is 0.703. The molecule has 0 aliphatic carbocycles. The van der Waals surface area contributed by atoms with Gasteiger partial charge in [-0.1, -0.05) is 54.2 Å². The molecule has 5 aromatic rings. The zero-order valence-corrected chi connectivity index (χ0v) is 22.6. The van der Waals surface area contributed by atoms with Gasteiger partial charge in [0.05, 0.1) is 29.6 Å². The van der Waals surface area contributed by atoms with Gasteiger partial charge < -0.3 is 14.8 Å². The molecule has 9 nitrogen and oxygen atoms in total. The van der Waals surface area contributed by atoms with Crippen LogP contribution in [0.25, 0.3) is 28.1 Å². The number of carbonyl (C=O) groups excluding carboxylic acids is 1. The average Bonchev–Trinajstić information content (AvgIpc) is 3.46. The van der Waals surface area contributed by atoms with Gasteiger partial charge in [-0.3, -0.25) is 9.20 Å². The summed E-state index contributed by atoms with van der Waals surface area (Å²) in [7, 11) is 1.34. The molecule has 2 aromatic heterocycles. The van der Waals surface area contributed by atoms with Crippen molar-refractivity contribution in [1.82, 2.24) is 19.6 Å². The van der Waals surface area contributed by atoms with Crippen molar-refractivity contribution in [2.45, 2.75) is 28.0 Å². The molecular weight excluding hydrogens is 524 g/mol. The standard InChI is InChI=1S/C30H26N6O3S/c1-38-26(37)18-32-27-29-35-34-28(20-6-3-2-4-7-20)36(29)25-11-10-23(17-24(25)33-27)40-22-9-5-8-21(16-22)30(19-31)12-14-39-15-13-30/h2-11,16-17H,12-15,18H2,1H3,(H,32,33). The van der Waals surface area contributed by atoms with Crippen LogP contribution in [0.5, 0.6) is 0 Å². The van der Waals surface area contributed by atoms with Crippen LogP contribution in [0.2, 0.25) is 0 Å². The predicted octanol–water partition coefficient (Wildman–Crippen LogP) is 5.25. The van der Waals surface area contributed by atoms with E-state index in [1.54, 1.807) is 11.8 Å². The molecule has 1 N–H and O–H groups in total. The smallest absolute Gasteiger partial charge is 0.325 e. The van der Waals surface area contributed by atoms with E-state index in [1.807, 2.05) is 65.1 Å². The summed E-state index contributed by atoms with van der Waals surface area (Å²) in [6, 6.07) is 26.7. The van der Waals surface area contributed by atoms with Crippen molar-refractivity contribution in [2.75, 3.05) is 32.2 Å². The molecule has 40 heavy (non-hydrogen) atoms. The summed E-state index contributed by atoms with van der Waals surface area (Å²) in [5.41, 5.74) is 3.49. The van der Waals surface area contributed by atoms with Gasteiger partial charge in [0.2, 0.25) is 5.65 Å². The van der Waals surface area contributed by atoms with Crippen LogP contribution in [0.4, 0.5) is 5.82 Å². The first-order valence-corrected chi connectivity index (χ1v) is 13.7. The molecule has 0 bridgehead atoms. The van der Waals surface area contributed by atoms with Crippen LogP contribution < -0.4 is 5.32 Å². The van der Waals surface area contributed by atoms with Crippen molar-refractivity contribution in [3.63, 3.8) is 0 Å². The number of fused-ring (bicyclic) bond motifs is 3. The number of nitriles is 1. The van der Waals surface area contributed by atoms with E-state index < -0.39 is 11.4 Å². The Morgan fingerprint density at radius 3 is 2.65 bits per heavy atom. The van der Waals surface area contributed by atoms with Gasteiger partial charge in [-0.15, -0.1) is 10.2 Å². The number of benzene rings is 3. The maximum absolute atomic E-state index is 11.9. The SMILES string of the molecule is COC(=O)CNc1nc2cc(Sc3cccc(C4(C#N)CCOCC4)c3)ccc2n2c(-c3ccccc3)nnc12. The zero-order chi connectivity index (χ0) is 27.5. The van der Waals surface area contributed by atoms with E-state index >= 15 is 0 Å². The Kier molecular flexibility index (Phi) is 7.07. The van der Waals surface area contributed by atoms with Gasteiger partial charge in [0.1, 0.15) is 6.54 Å². The minimum Gasteiger partial charge on any atom is -0.468 e. The Hall–Kier alpha value is -4.46. The first-order chi connectivity index (χ1) is 19.6. The van der Waals surface area contributed by atoms with Gasteiger partial charge in [-0.25, -0.2) is 4.98 Å². The van der Waals surface area contributed by atoms with E-state index in [0.717, 1.165) is 32.0 Å². The third-order valence-corrected chi connectivity index (χ3v) is 8.12. The number of rotatable bonds is 7. The van der Waals surface area contributed by atoms with E-state index in [0.29, 0.717) is 43.3 Å². The van der Waals surface area contributed by atoms with Crippen LogP contribution in [0.15, 0.2) is 82.6 Å². The summed E-state index contributed by atoms with van der Waals surface area (Å²) < 4.78 is 12.3. The van der Waals surface area contributed by atoms with Crippen LogP contribution in [-0.2, 0) is 19.7 Å². The summed E-state index contributed by atoms with van der Waals surface area (Å²) >= 11 is 1.61. The van der Waals surface area contributed by atoms with E-state index in [4.69, 9.17) is 14.5 Å². The molecule has 3 heterocycles. The fourth-order valence-electron chi connectivity index (χ4n) is 4.98. The molecular formula is C30H26N6O3S. The number of esters is 1. The lowest BCUT2D eigenvalue weighted by Crippen LogP contribution is -2.32. The monoisotopic (exact) mass is 550 g/mol. The van der Waals surface area contributed by atoms with Gasteiger partial charge in [-0.2, -0.15) is 5.26 Å². The number of hydrogen-bond acceptors (Lipinski definition) is 9. The molecule has 3 aromatic carbocycles. The number of nitrogens with one attached hydrogen (secondary N) is 1. The summed E-state index contributed by atoms with van der Waals surface area (Å²) in [6.07, 6.45) is 1.38. The van der Waals surface area contributed by atoms with Crippen molar-refractivity contribution in [2.24, 2.45) is 0 Å². The summed E-state index contributed by atoms with van der Waals surface area (Å²) in [5, 5.41) is 21.9. The van der Waals surface area contributed by atoms with Crippen molar-refractivity contribution in [3.8, 4) is 17.5 Å². The third-order valence-electron chi connectivity index (χ3n) is 7.14. The van der Waals surface area contributed by atoms with Gasteiger partial charge in [0, 0.05) is 28.6 Å². The van der Waals surface area contributed by atoms with Crippen molar-refractivity contribution >= 4 is 40.2 Å². The second-order valence-electron chi connectivity index (χ2n) is 9.53. The van der Waals surface area contributed by atoms with E-state index in [1.165, 1.54) is 7.11 Å². The molecule has 200 valence electrons. The number of carbonyl (C=O) groups is 1. The number of hydrogen-bond donors (Lipinski definition) is 1. The van der Waals surface area contributed by atoms with E-state index in [9.17, 15) is 10.1 Å². The van der Waals surface area contributed by atoms with Crippen LogP contribution in [0.3, 0.4) is 0 Å². The second kappa shape index (κ2) is 11.0. The molecule has 0 amide bonds. The lowest BCUT2D eigenvalue weighted by atomic mass is 9.75. The Bertz CT molecular complexity index is 1740. The maximum atomic E-state index is 11.9. The average molecular weight is 551 g/mol. The molecule has 10 heteroatoms. The van der Waals surface area contributed by atoms with Crippen LogP contribution in [0.1, 0.15) is 18.4 Å². The highest BCUT2D eigenvalue weighted by Crippen LogP contribution is 2.38. The lowest BCUT2D eigenvalue weighted by molar-refractivity contribution is -0.138. The Morgan fingerprint density at radius 1 is 1.07 bits per heavy atom. The minimum atomic E-state index is -0.520. The molecule has 0 spiro atoms.